The monoisotopic (exact) mass is 288 g/mol. The summed E-state index contributed by atoms with van der Waals surface area (Å²) in [5, 5.41) is 13.7. The Balaban J connectivity index is 2.26. The second kappa shape index (κ2) is 7.57. The molecule has 1 heterocycles. The van der Waals surface area contributed by atoms with Crippen molar-refractivity contribution in [2.24, 2.45) is 0 Å². The predicted molar refractivity (Wildman–Crippen MR) is 69.5 cm³/mol. The first-order chi connectivity index (χ1) is 9.02. The molecule has 106 valence electrons. The van der Waals surface area contributed by atoms with Crippen LogP contribution in [0.15, 0.2) is 16.5 Å². The average Bonchev–Trinajstić information content (AvgIpc) is 2.85. The van der Waals surface area contributed by atoms with E-state index in [1.807, 2.05) is 6.92 Å². The summed E-state index contributed by atoms with van der Waals surface area (Å²) in [6, 6.07) is 2.39. The minimum Gasteiger partial charge on any atom is -0.475 e. The standard InChI is InChI=1S/C11H16N2O5S/c1-2-19(17)6-5-12-11(16)13-7-8-3-4-9(18-8)10(14)15/h3-4H,2,5-7H2,1H3,(H,14,15)(H2,12,13,16). The van der Waals surface area contributed by atoms with Crippen molar-refractivity contribution in [3.05, 3.63) is 23.7 Å². The highest BCUT2D eigenvalue weighted by atomic mass is 32.2. The van der Waals surface area contributed by atoms with Gasteiger partial charge in [0.25, 0.3) is 0 Å². The first-order valence-electron chi connectivity index (χ1n) is 5.71. The van der Waals surface area contributed by atoms with Crippen LogP contribution in [0.5, 0.6) is 0 Å². The Morgan fingerprint density at radius 3 is 2.68 bits per heavy atom. The van der Waals surface area contributed by atoms with E-state index in [0.29, 0.717) is 23.8 Å². The summed E-state index contributed by atoms with van der Waals surface area (Å²) in [7, 11) is -0.912. The normalized spacial score (nSPS) is 11.8. The van der Waals surface area contributed by atoms with E-state index >= 15 is 0 Å². The van der Waals surface area contributed by atoms with Crippen molar-refractivity contribution >= 4 is 22.8 Å². The first kappa shape index (κ1) is 15.2. The van der Waals surface area contributed by atoms with Crippen LogP contribution in [0.2, 0.25) is 0 Å². The summed E-state index contributed by atoms with van der Waals surface area (Å²) in [4.78, 5) is 21.9. The Labute approximate surface area is 112 Å². The predicted octanol–water partition coefficient (Wildman–Crippen LogP) is 0.546. The molecule has 3 N–H and O–H groups in total. The molecule has 0 aliphatic carbocycles. The second-order valence-electron chi connectivity index (χ2n) is 3.61. The number of furan rings is 1. The summed E-state index contributed by atoms with van der Waals surface area (Å²) in [5.41, 5.74) is 0. The maximum Gasteiger partial charge on any atom is 0.371 e. The Hall–Kier alpha value is -1.83. The van der Waals surface area contributed by atoms with Crippen LogP contribution < -0.4 is 10.6 Å². The zero-order valence-electron chi connectivity index (χ0n) is 10.5. The van der Waals surface area contributed by atoms with Crippen molar-refractivity contribution in [3.8, 4) is 0 Å². The molecule has 0 bridgehead atoms. The second-order valence-corrected chi connectivity index (χ2v) is 5.48. The highest BCUT2D eigenvalue weighted by Crippen LogP contribution is 2.07. The minimum absolute atomic E-state index is 0.0932. The third-order valence-electron chi connectivity index (χ3n) is 2.23. The maximum absolute atomic E-state index is 11.3. The van der Waals surface area contributed by atoms with Gasteiger partial charge in [-0.05, 0) is 12.1 Å². The number of hydrogen-bond donors (Lipinski definition) is 3. The van der Waals surface area contributed by atoms with Gasteiger partial charge in [0.1, 0.15) is 5.76 Å². The van der Waals surface area contributed by atoms with Crippen LogP contribution in [-0.4, -0.2) is 39.4 Å². The SMILES string of the molecule is CCS(=O)CCNC(=O)NCc1ccc(C(=O)O)o1. The van der Waals surface area contributed by atoms with Crippen LogP contribution >= 0.6 is 0 Å². The van der Waals surface area contributed by atoms with Crippen molar-refractivity contribution in [2.45, 2.75) is 13.5 Å². The van der Waals surface area contributed by atoms with Gasteiger partial charge >= 0.3 is 12.0 Å². The van der Waals surface area contributed by atoms with Gasteiger partial charge in [-0.3, -0.25) is 4.21 Å². The van der Waals surface area contributed by atoms with E-state index in [4.69, 9.17) is 9.52 Å². The minimum atomic E-state index is -1.15. The maximum atomic E-state index is 11.3. The molecule has 1 rings (SSSR count). The van der Waals surface area contributed by atoms with E-state index in [0.717, 1.165) is 0 Å². The molecule has 0 radical (unpaired) electrons. The van der Waals surface area contributed by atoms with Gasteiger partial charge in [0, 0.05) is 28.9 Å². The van der Waals surface area contributed by atoms with Crippen LogP contribution in [0.25, 0.3) is 0 Å². The summed E-state index contributed by atoms with van der Waals surface area (Å²) in [6.07, 6.45) is 0. The number of hydrogen-bond acceptors (Lipinski definition) is 4. The number of nitrogens with one attached hydrogen (secondary N) is 2. The van der Waals surface area contributed by atoms with Gasteiger partial charge in [0.2, 0.25) is 5.76 Å². The zero-order chi connectivity index (χ0) is 14.3. The summed E-state index contributed by atoms with van der Waals surface area (Å²) in [6.45, 7) is 2.23. The molecule has 1 aromatic rings. The van der Waals surface area contributed by atoms with Crippen LogP contribution in [-0.2, 0) is 17.3 Å². The average molecular weight is 288 g/mol. The number of rotatable bonds is 7. The molecule has 2 amide bonds. The molecule has 1 unspecified atom stereocenters. The number of carboxylic acids is 1. The van der Waals surface area contributed by atoms with E-state index < -0.39 is 22.8 Å². The molecule has 0 fully saturated rings. The molecule has 1 atom stereocenters. The summed E-state index contributed by atoms with van der Waals surface area (Å²) < 4.78 is 16.1. The van der Waals surface area contributed by atoms with Gasteiger partial charge in [0.15, 0.2) is 0 Å². The molecule has 0 aromatic carbocycles. The molecule has 8 heteroatoms. The van der Waals surface area contributed by atoms with Gasteiger partial charge in [-0.15, -0.1) is 0 Å². The fourth-order valence-electron chi connectivity index (χ4n) is 1.24. The Morgan fingerprint density at radius 1 is 1.37 bits per heavy atom. The lowest BCUT2D eigenvalue weighted by molar-refractivity contribution is 0.0660. The Kier molecular flexibility index (Phi) is 6.07. The van der Waals surface area contributed by atoms with Gasteiger partial charge < -0.3 is 20.2 Å². The highest BCUT2D eigenvalue weighted by molar-refractivity contribution is 7.84. The van der Waals surface area contributed by atoms with Crippen LogP contribution in [0, 0.1) is 0 Å². The lowest BCUT2D eigenvalue weighted by Gasteiger charge is -2.05. The van der Waals surface area contributed by atoms with E-state index in [9.17, 15) is 13.8 Å². The molecule has 0 saturated heterocycles. The quantitative estimate of drug-likeness (QED) is 0.678. The number of urea groups is 1. The third-order valence-corrected chi connectivity index (χ3v) is 3.54. The van der Waals surface area contributed by atoms with Gasteiger partial charge in [-0.2, -0.15) is 0 Å². The number of carboxylic acid groups (broad SMARTS) is 1. The van der Waals surface area contributed by atoms with Gasteiger partial charge in [-0.1, -0.05) is 6.92 Å². The van der Waals surface area contributed by atoms with Crippen molar-refractivity contribution < 1.29 is 23.3 Å². The molecule has 0 saturated carbocycles. The van der Waals surface area contributed by atoms with E-state index in [1.165, 1.54) is 12.1 Å². The third kappa shape index (κ3) is 5.56. The summed E-state index contributed by atoms with van der Waals surface area (Å²) >= 11 is 0. The molecular formula is C11H16N2O5S. The Morgan fingerprint density at radius 2 is 2.11 bits per heavy atom. The van der Waals surface area contributed by atoms with E-state index in [2.05, 4.69) is 10.6 Å². The van der Waals surface area contributed by atoms with Crippen LogP contribution in [0.1, 0.15) is 23.2 Å². The molecule has 19 heavy (non-hydrogen) atoms. The number of aromatic carboxylic acids is 1. The van der Waals surface area contributed by atoms with E-state index in [-0.39, 0.29) is 12.3 Å². The van der Waals surface area contributed by atoms with E-state index in [1.54, 1.807) is 0 Å². The van der Waals surface area contributed by atoms with Crippen LogP contribution in [0.3, 0.4) is 0 Å². The molecule has 1 aromatic heterocycles. The van der Waals surface area contributed by atoms with Crippen molar-refractivity contribution in [1.29, 1.82) is 0 Å². The molecule has 0 spiro atoms. The van der Waals surface area contributed by atoms with Gasteiger partial charge in [0.05, 0.1) is 6.54 Å². The number of carbonyl (C=O) groups excluding carboxylic acids is 1. The first-order valence-corrected chi connectivity index (χ1v) is 7.20. The lowest BCUT2D eigenvalue weighted by Crippen LogP contribution is -2.37. The summed E-state index contributed by atoms with van der Waals surface area (Å²) in [5.74, 6) is -0.000387. The molecular weight excluding hydrogens is 272 g/mol. The molecule has 0 aliphatic heterocycles. The Bertz CT molecular complexity index is 471. The highest BCUT2D eigenvalue weighted by Gasteiger charge is 2.09. The fraction of sp³-hybridized carbons (Fsp3) is 0.455. The fourth-order valence-corrected chi connectivity index (χ4v) is 1.86. The number of amides is 2. The largest absolute Gasteiger partial charge is 0.475 e. The van der Waals surface area contributed by atoms with Crippen molar-refractivity contribution in [2.75, 3.05) is 18.1 Å². The molecule has 0 aliphatic rings. The number of carbonyl (C=O) groups is 2. The zero-order valence-corrected chi connectivity index (χ0v) is 11.3. The van der Waals surface area contributed by atoms with Crippen LogP contribution in [0.4, 0.5) is 4.79 Å². The van der Waals surface area contributed by atoms with Gasteiger partial charge in [-0.25, -0.2) is 9.59 Å². The van der Waals surface area contributed by atoms with Crippen molar-refractivity contribution in [3.63, 3.8) is 0 Å². The molecule has 7 nitrogen and oxygen atoms in total. The van der Waals surface area contributed by atoms with Crippen molar-refractivity contribution in [1.82, 2.24) is 10.6 Å². The lowest BCUT2D eigenvalue weighted by atomic mass is 10.4. The smallest absolute Gasteiger partial charge is 0.371 e. The topological polar surface area (TPSA) is 109 Å².